The zero-order chi connectivity index (χ0) is 13.2. The van der Waals surface area contributed by atoms with E-state index >= 15 is 0 Å². The molecule has 0 unspecified atom stereocenters. The van der Waals surface area contributed by atoms with Gasteiger partial charge < -0.3 is 24.8 Å². The predicted octanol–water partition coefficient (Wildman–Crippen LogP) is -0.644. The molecule has 0 N–H and O–H groups in total. The molecule has 0 aliphatic heterocycles. The van der Waals surface area contributed by atoms with Crippen molar-refractivity contribution in [2.45, 2.75) is 26.7 Å². The molecule has 3 aromatic carbocycles. The first-order valence-electron chi connectivity index (χ1n) is 7.09. The summed E-state index contributed by atoms with van der Waals surface area (Å²) in [5.74, 6) is 0. The van der Waals surface area contributed by atoms with E-state index in [4.69, 9.17) is 0 Å². The average Bonchev–Trinajstić information content (AvgIpc) is 2.90. The van der Waals surface area contributed by atoms with Crippen LogP contribution in [-0.2, 0) is 39.0 Å². The van der Waals surface area contributed by atoms with Crippen LogP contribution in [0.3, 0.4) is 0 Å². The van der Waals surface area contributed by atoms with E-state index in [9.17, 15) is 0 Å². The number of hydrogen-bond acceptors (Lipinski definition) is 0. The van der Waals surface area contributed by atoms with Gasteiger partial charge in [-0.05, 0) is 24.0 Å². The van der Waals surface area contributed by atoms with E-state index in [1.165, 1.54) is 33.0 Å². The van der Waals surface area contributed by atoms with Crippen LogP contribution in [-0.4, -0.2) is 0 Å². The molecule has 0 spiro atoms. The van der Waals surface area contributed by atoms with Gasteiger partial charge in [0.1, 0.15) is 0 Å². The molecular weight excluding hydrogens is 390 g/mol. The number of aryl methyl sites for hydroxylation is 2. The van der Waals surface area contributed by atoms with Crippen molar-refractivity contribution in [3.8, 4) is 11.1 Å². The number of benzene rings is 2. The third kappa shape index (κ3) is 4.28. The summed E-state index contributed by atoms with van der Waals surface area (Å²) in [5, 5.41) is 2.73. The Kier molecular flexibility index (Phi) is 9.39. The third-order valence-electron chi connectivity index (χ3n) is 3.89. The molecule has 0 fully saturated rings. The van der Waals surface area contributed by atoms with Crippen molar-refractivity contribution in [1.82, 2.24) is 0 Å². The maximum Gasteiger partial charge on any atom is 3.00 e. The Morgan fingerprint density at radius 3 is 2.14 bits per heavy atom. The average molecular weight is 409 g/mol. The van der Waals surface area contributed by atoms with Crippen LogP contribution < -0.4 is 24.8 Å². The SMILES string of the molecule is CCc1ccc(-c2cccc3[cH-]c(CC)cc23)cc1.[Cl-].[Cl-].[Zr+3]. The van der Waals surface area contributed by atoms with E-state index in [1.54, 1.807) is 0 Å². The summed E-state index contributed by atoms with van der Waals surface area (Å²) >= 11 is 0. The minimum absolute atomic E-state index is 0. The number of fused-ring (bicyclic) bond motifs is 1. The van der Waals surface area contributed by atoms with E-state index < -0.39 is 0 Å². The Balaban J connectivity index is 0.00000147. The van der Waals surface area contributed by atoms with Gasteiger partial charge in [-0.3, -0.25) is 0 Å². The molecule has 0 bridgehead atoms. The molecule has 0 atom stereocenters. The van der Waals surface area contributed by atoms with Gasteiger partial charge >= 0.3 is 26.2 Å². The Labute approximate surface area is 164 Å². The molecule has 0 saturated heterocycles. The van der Waals surface area contributed by atoms with Crippen molar-refractivity contribution in [2.24, 2.45) is 0 Å². The van der Waals surface area contributed by atoms with E-state index in [0.717, 1.165) is 12.8 Å². The van der Waals surface area contributed by atoms with E-state index in [-0.39, 0.29) is 51.0 Å². The minimum Gasteiger partial charge on any atom is -1.00 e. The standard InChI is InChI=1S/C19H19.2ClH.Zr/c1-3-14-8-10-16(11-9-14)18-7-5-6-17-12-15(4-2)13-19(17)18;;;/h5-13H,3-4H2,1-2H3;2*1H;/q-1;;;+3/p-2. The Morgan fingerprint density at radius 2 is 1.55 bits per heavy atom. The van der Waals surface area contributed by atoms with Crippen LogP contribution in [0.5, 0.6) is 0 Å². The third-order valence-corrected chi connectivity index (χ3v) is 3.89. The molecule has 3 rings (SSSR count). The number of hydrogen-bond donors (Lipinski definition) is 0. The Bertz CT molecular complexity index is 699. The van der Waals surface area contributed by atoms with Crippen LogP contribution in [0.2, 0.25) is 0 Å². The molecule has 113 valence electrons. The fourth-order valence-electron chi connectivity index (χ4n) is 2.67. The van der Waals surface area contributed by atoms with Crippen LogP contribution in [0.25, 0.3) is 21.9 Å². The fraction of sp³-hybridized carbons (Fsp3) is 0.211. The van der Waals surface area contributed by atoms with Gasteiger partial charge in [-0.1, -0.05) is 49.7 Å². The van der Waals surface area contributed by atoms with Crippen LogP contribution in [0, 0.1) is 0 Å². The smallest absolute Gasteiger partial charge is 1.00 e. The second kappa shape index (κ2) is 9.61. The maximum atomic E-state index is 2.33. The molecule has 3 aromatic rings. The first-order valence-corrected chi connectivity index (χ1v) is 7.09. The summed E-state index contributed by atoms with van der Waals surface area (Å²) < 4.78 is 0. The maximum absolute atomic E-state index is 2.33. The van der Waals surface area contributed by atoms with E-state index in [2.05, 4.69) is 68.4 Å². The van der Waals surface area contributed by atoms with Crippen molar-refractivity contribution in [1.29, 1.82) is 0 Å². The summed E-state index contributed by atoms with van der Waals surface area (Å²) in [6.45, 7) is 4.41. The molecule has 0 aromatic heterocycles. The molecule has 0 saturated carbocycles. The zero-order valence-corrected chi connectivity index (χ0v) is 16.8. The molecular formula is C19H19Cl2Zr. The van der Waals surface area contributed by atoms with Gasteiger partial charge in [0, 0.05) is 0 Å². The molecule has 0 aliphatic rings. The van der Waals surface area contributed by atoms with Crippen LogP contribution >= 0.6 is 0 Å². The molecule has 0 amide bonds. The van der Waals surface area contributed by atoms with Gasteiger partial charge in [0.25, 0.3) is 0 Å². The number of halogens is 2. The topological polar surface area (TPSA) is 0 Å². The number of rotatable bonds is 3. The van der Waals surface area contributed by atoms with Crippen molar-refractivity contribution in [3.05, 3.63) is 65.7 Å². The zero-order valence-electron chi connectivity index (χ0n) is 12.9. The first-order chi connectivity index (χ1) is 9.31. The summed E-state index contributed by atoms with van der Waals surface area (Å²) in [4.78, 5) is 0. The van der Waals surface area contributed by atoms with E-state index in [0.29, 0.717) is 0 Å². The predicted molar refractivity (Wildman–Crippen MR) is 83.7 cm³/mol. The molecule has 0 nitrogen and oxygen atoms in total. The largest absolute Gasteiger partial charge is 3.00 e. The van der Waals surface area contributed by atoms with E-state index in [1.807, 2.05) is 0 Å². The molecule has 1 radical (unpaired) electrons. The fourth-order valence-corrected chi connectivity index (χ4v) is 2.67. The monoisotopic (exact) mass is 407 g/mol. The first kappa shape index (κ1) is 21.5. The Morgan fingerprint density at radius 1 is 0.864 bits per heavy atom. The van der Waals surface area contributed by atoms with Crippen LogP contribution in [0.4, 0.5) is 0 Å². The van der Waals surface area contributed by atoms with Crippen molar-refractivity contribution in [3.63, 3.8) is 0 Å². The summed E-state index contributed by atoms with van der Waals surface area (Å²) in [7, 11) is 0. The van der Waals surface area contributed by atoms with Gasteiger partial charge in [-0.15, -0.1) is 34.5 Å². The van der Waals surface area contributed by atoms with Crippen LogP contribution in [0.1, 0.15) is 25.0 Å². The van der Waals surface area contributed by atoms with Gasteiger partial charge in [0.15, 0.2) is 0 Å². The summed E-state index contributed by atoms with van der Waals surface area (Å²) in [6, 6.07) is 20.2. The molecule has 0 heterocycles. The quantitative estimate of drug-likeness (QED) is 0.505. The van der Waals surface area contributed by atoms with Crippen molar-refractivity contribution in [2.75, 3.05) is 0 Å². The van der Waals surface area contributed by atoms with Crippen molar-refractivity contribution < 1.29 is 51.0 Å². The van der Waals surface area contributed by atoms with Crippen LogP contribution in [0.15, 0.2) is 54.6 Å². The Hall–Kier alpha value is -0.487. The van der Waals surface area contributed by atoms with Crippen molar-refractivity contribution >= 4 is 10.8 Å². The molecule has 22 heavy (non-hydrogen) atoms. The molecule has 3 heteroatoms. The normalized spacial score (nSPS) is 9.55. The molecule has 0 aliphatic carbocycles. The second-order valence-electron chi connectivity index (χ2n) is 5.08. The summed E-state index contributed by atoms with van der Waals surface area (Å²) in [6.07, 6.45) is 2.20. The van der Waals surface area contributed by atoms with Gasteiger partial charge in [0.2, 0.25) is 0 Å². The van der Waals surface area contributed by atoms with Gasteiger partial charge in [-0.2, -0.15) is 6.07 Å². The minimum atomic E-state index is 0. The second-order valence-corrected chi connectivity index (χ2v) is 5.08. The summed E-state index contributed by atoms with van der Waals surface area (Å²) in [5.41, 5.74) is 5.48. The van der Waals surface area contributed by atoms with Gasteiger partial charge in [0.05, 0.1) is 0 Å². The van der Waals surface area contributed by atoms with Gasteiger partial charge in [-0.25, -0.2) is 0 Å².